The zero-order chi connectivity index (χ0) is 20.3. The molecular formula is C19H26F2IN5O2. The van der Waals surface area contributed by atoms with Gasteiger partial charge in [-0.1, -0.05) is 0 Å². The molecule has 160 valence electrons. The maximum absolute atomic E-state index is 13.4. The molecule has 2 aliphatic heterocycles. The molecule has 2 fully saturated rings. The lowest BCUT2D eigenvalue weighted by molar-refractivity contribution is -0.125. The quantitative estimate of drug-likeness (QED) is 0.246. The van der Waals surface area contributed by atoms with Gasteiger partial charge >= 0.3 is 6.03 Å². The van der Waals surface area contributed by atoms with E-state index in [9.17, 15) is 18.4 Å². The van der Waals surface area contributed by atoms with Gasteiger partial charge in [-0.15, -0.1) is 24.0 Å². The maximum Gasteiger partial charge on any atom is 0.322 e. The second kappa shape index (κ2) is 9.68. The number of carbonyl (C=O) groups excluding carboxylic acids is 2. The highest BCUT2D eigenvalue weighted by molar-refractivity contribution is 14.0. The zero-order valence-electron chi connectivity index (χ0n) is 16.4. The molecule has 2 saturated heterocycles. The molecule has 1 aromatic rings. The lowest BCUT2D eigenvalue weighted by Crippen LogP contribution is -2.55. The second-order valence-corrected chi connectivity index (χ2v) is 7.32. The predicted molar refractivity (Wildman–Crippen MR) is 116 cm³/mol. The molecule has 1 unspecified atom stereocenters. The van der Waals surface area contributed by atoms with Crippen molar-refractivity contribution in [2.45, 2.75) is 38.8 Å². The van der Waals surface area contributed by atoms with Gasteiger partial charge in [-0.25, -0.2) is 18.6 Å². The van der Waals surface area contributed by atoms with Gasteiger partial charge in [0.05, 0.1) is 6.54 Å². The summed E-state index contributed by atoms with van der Waals surface area (Å²) < 4.78 is 26.7. The van der Waals surface area contributed by atoms with Gasteiger partial charge in [-0.05, 0) is 50.3 Å². The second-order valence-electron chi connectivity index (χ2n) is 7.32. The Morgan fingerprint density at radius 2 is 1.86 bits per heavy atom. The van der Waals surface area contributed by atoms with Crippen LogP contribution in [0.25, 0.3) is 0 Å². The molecule has 2 heterocycles. The lowest BCUT2D eigenvalue weighted by Gasteiger charge is -2.39. The lowest BCUT2D eigenvalue weighted by atomic mass is 9.79. The van der Waals surface area contributed by atoms with Gasteiger partial charge in [0.1, 0.15) is 17.2 Å². The van der Waals surface area contributed by atoms with Crippen molar-refractivity contribution in [2.75, 3.05) is 19.6 Å². The number of benzene rings is 1. The Balaban J connectivity index is 0.00000300. The molecule has 0 bridgehead atoms. The molecular weight excluding hydrogens is 495 g/mol. The van der Waals surface area contributed by atoms with Gasteiger partial charge in [-0.3, -0.25) is 10.1 Å². The molecule has 3 N–H and O–H groups in total. The fraction of sp³-hybridized carbons (Fsp3) is 0.526. The van der Waals surface area contributed by atoms with Crippen LogP contribution in [0.1, 0.15) is 32.3 Å². The predicted octanol–water partition coefficient (Wildman–Crippen LogP) is 2.36. The molecule has 0 aromatic heterocycles. The summed E-state index contributed by atoms with van der Waals surface area (Å²) in [5, 5.41) is 8.25. The number of piperidine rings is 1. The highest BCUT2D eigenvalue weighted by atomic mass is 127. The van der Waals surface area contributed by atoms with E-state index < -0.39 is 23.2 Å². The number of carbonyl (C=O) groups is 2. The monoisotopic (exact) mass is 521 g/mol. The number of imide groups is 1. The van der Waals surface area contributed by atoms with Crippen LogP contribution in [-0.2, 0) is 11.3 Å². The number of nitrogens with zero attached hydrogens (tertiary/aromatic N) is 2. The van der Waals surface area contributed by atoms with Gasteiger partial charge in [0.25, 0.3) is 5.91 Å². The number of aliphatic imine (C=N–C) groups is 1. The van der Waals surface area contributed by atoms with E-state index in [1.807, 2.05) is 6.92 Å². The van der Waals surface area contributed by atoms with Crippen LogP contribution in [0.4, 0.5) is 13.6 Å². The number of guanidine groups is 1. The fourth-order valence-electron chi connectivity index (χ4n) is 3.81. The van der Waals surface area contributed by atoms with E-state index in [0.717, 1.165) is 6.07 Å². The summed E-state index contributed by atoms with van der Waals surface area (Å²) in [6.07, 6.45) is 1.42. The molecule has 0 radical (unpaired) electrons. The first-order chi connectivity index (χ1) is 13.3. The molecule has 29 heavy (non-hydrogen) atoms. The van der Waals surface area contributed by atoms with Crippen LogP contribution in [0.15, 0.2) is 23.2 Å². The van der Waals surface area contributed by atoms with Gasteiger partial charge in [0, 0.05) is 25.7 Å². The molecule has 3 amide bonds. The minimum absolute atomic E-state index is 0. The summed E-state index contributed by atoms with van der Waals surface area (Å²) in [6, 6.07) is 2.92. The molecule has 0 saturated carbocycles. The van der Waals surface area contributed by atoms with Crippen molar-refractivity contribution in [2.24, 2.45) is 10.9 Å². The van der Waals surface area contributed by atoms with Crippen molar-refractivity contribution in [1.29, 1.82) is 0 Å². The highest BCUT2D eigenvalue weighted by Crippen LogP contribution is 2.30. The van der Waals surface area contributed by atoms with Gasteiger partial charge in [0.15, 0.2) is 5.96 Å². The van der Waals surface area contributed by atoms with E-state index in [1.165, 1.54) is 12.1 Å². The third-order valence-corrected chi connectivity index (χ3v) is 5.35. The number of amides is 3. The summed E-state index contributed by atoms with van der Waals surface area (Å²) in [5.74, 6) is -0.849. The molecule has 7 nitrogen and oxygen atoms in total. The van der Waals surface area contributed by atoms with Crippen molar-refractivity contribution in [3.63, 3.8) is 0 Å². The Hall–Kier alpha value is -1.98. The van der Waals surface area contributed by atoms with Crippen molar-refractivity contribution in [3.05, 3.63) is 35.4 Å². The van der Waals surface area contributed by atoms with Crippen LogP contribution in [-0.4, -0.2) is 48.0 Å². The Bertz CT molecular complexity index is 779. The van der Waals surface area contributed by atoms with Crippen LogP contribution in [0.2, 0.25) is 0 Å². The van der Waals surface area contributed by atoms with E-state index in [-0.39, 0.29) is 42.3 Å². The van der Waals surface area contributed by atoms with Crippen LogP contribution >= 0.6 is 24.0 Å². The Labute approximate surface area is 185 Å². The average molecular weight is 521 g/mol. The van der Waals surface area contributed by atoms with E-state index >= 15 is 0 Å². The number of halogens is 3. The smallest absolute Gasteiger partial charge is 0.322 e. The summed E-state index contributed by atoms with van der Waals surface area (Å²) in [7, 11) is 0. The maximum atomic E-state index is 13.4. The molecule has 0 spiro atoms. The number of urea groups is 1. The van der Waals surface area contributed by atoms with Crippen LogP contribution < -0.4 is 16.0 Å². The third-order valence-electron chi connectivity index (χ3n) is 5.35. The molecule has 1 aromatic carbocycles. The average Bonchev–Trinajstić information content (AvgIpc) is 2.91. The third kappa shape index (κ3) is 5.34. The summed E-state index contributed by atoms with van der Waals surface area (Å²) in [6.45, 7) is 5.84. The first-order valence-corrected chi connectivity index (χ1v) is 9.43. The zero-order valence-corrected chi connectivity index (χ0v) is 18.8. The first-order valence-electron chi connectivity index (χ1n) is 9.43. The van der Waals surface area contributed by atoms with Crippen molar-refractivity contribution < 1.29 is 18.4 Å². The molecule has 10 heteroatoms. The van der Waals surface area contributed by atoms with Crippen LogP contribution in [0.5, 0.6) is 0 Å². The minimum atomic E-state index is -0.891. The molecule has 3 rings (SSSR count). The molecule has 2 aliphatic rings. The minimum Gasteiger partial charge on any atom is -0.357 e. The van der Waals surface area contributed by atoms with E-state index in [1.54, 1.807) is 6.92 Å². The van der Waals surface area contributed by atoms with Crippen LogP contribution in [0.3, 0.4) is 0 Å². The number of rotatable bonds is 4. The van der Waals surface area contributed by atoms with E-state index in [4.69, 9.17) is 0 Å². The highest BCUT2D eigenvalue weighted by Gasteiger charge is 2.48. The van der Waals surface area contributed by atoms with Crippen molar-refractivity contribution in [1.82, 2.24) is 20.9 Å². The van der Waals surface area contributed by atoms with Gasteiger partial charge in [-0.2, -0.15) is 0 Å². The number of nitrogens with one attached hydrogen (secondary N) is 3. The van der Waals surface area contributed by atoms with Gasteiger partial charge < -0.3 is 15.5 Å². The standard InChI is InChI=1S/C19H25F2N5O2.HI/c1-3-22-17(23-11-12-8-14(20)10-15(21)9-12)26-6-4-13(5-7-26)19(2)16(27)24-18(28)25-19;/h8-10,13H,3-7,11H2,1-2H3,(H,22,23)(H2,24,25,27,28);1H. The van der Waals surface area contributed by atoms with Crippen molar-refractivity contribution >= 4 is 41.9 Å². The van der Waals surface area contributed by atoms with Crippen LogP contribution in [0, 0.1) is 17.6 Å². The molecule has 1 atom stereocenters. The Kier molecular flexibility index (Phi) is 7.78. The van der Waals surface area contributed by atoms with E-state index in [0.29, 0.717) is 44.0 Å². The fourth-order valence-corrected chi connectivity index (χ4v) is 3.81. The molecule has 0 aliphatic carbocycles. The van der Waals surface area contributed by atoms with Crippen molar-refractivity contribution in [3.8, 4) is 0 Å². The SMILES string of the molecule is CCNC(=NCc1cc(F)cc(F)c1)N1CCC(C2(C)NC(=O)NC2=O)CC1.I. The Morgan fingerprint density at radius 3 is 2.38 bits per heavy atom. The Morgan fingerprint density at radius 1 is 1.24 bits per heavy atom. The topological polar surface area (TPSA) is 85.8 Å². The largest absolute Gasteiger partial charge is 0.357 e. The summed E-state index contributed by atoms with van der Waals surface area (Å²) >= 11 is 0. The normalized spacial score (nSPS) is 22.8. The number of hydrogen-bond donors (Lipinski definition) is 3. The summed E-state index contributed by atoms with van der Waals surface area (Å²) in [5.41, 5.74) is -0.432. The van der Waals surface area contributed by atoms with E-state index in [2.05, 4.69) is 25.8 Å². The number of likely N-dealkylation sites (tertiary alicyclic amines) is 1. The first kappa shape index (κ1) is 23.3. The van der Waals surface area contributed by atoms with Gasteiger partial charge in [0.2, 0.25) is 0 Å². The summed E-state index contributed by atoms with van der Waals surface area (Å²) in [4.78, 5) is 30.2. The number of hydrogen-bond acceptors (Lipinski definition) is 3.